The Bertz CT molecular complexity index is 424. The first-order chi connectivity index (χ1) is 9.63. The molecule has 20 heavy (non-hydrogen) atoms. The number of hydrogen-bond donors (Lipinski definition) is 2. The highest BCUT2D eigenvalue weighted by Gasteiger charge is 2.20. The second-order valence-electron chi connectivity index (χ2n) is 4.15. The summed E-state index contributed by atoms with van der Waals surface area (Å²) in [6.07, 6.45) is 1.00. The van der Waals surface area contributed by atoms with Gasteiger partial charge in [-0.05, 0) is 18.6 Å². The van der Waals surface area contributed by atoms with E-state index in [0.717, 1.165) is 17.7 Å². The Kier molecular flexibility index (Phi) is 7.57. The molecule has 5 nitrogen and oxygen atoms in total. The van der Waals surface area contributed by atoms with Crippen LogP contribution in [0.15, 0.2) is 35.2 Å². The van der Waals surface area contributed by atoms with E-state index in [4.69, 9.17) is 9.84 Å². The van der Waals surface area contributed by atoms with E-state index >= 15 is 0 Å². The van der Waals surface area contributed by atoms with Crippen molar-refractivity contribution in [2.75, 3.05) is 12.4 Å². The third kappa shape index (κ3) is 6.47. The van der Waals surface area contributed by atoms with Gasteiger partial charge in [0.2, 0.25) is 0 Å². The van der Waals surface area contributed by atoms with Gasteiger partial charge in [-0.2, -0.15) is 0 Å². The number of carboxylic acids is 1. The predicted molar refractivity (Wildman–Crippen MR) is 78.0 cm³/mol. The Morgan fingerprint density at radius 3 is 2.65 bits per heavy atom. The number of hydrogen-bond acceptors (Lipinski definition) is 4. The van der Waals surface area contributed by atoms with Crippen LogP contribution in [0.25, 0.3) is 0 Å². The maximum atomic E-state index is 11.4. The molecule has 0 bridgehead atoms. The molecular weight excluding hydrogens is 278 g/mol. The van der Waals surface area contributed by atoms with Crippen LogP contribution >= 0.6 is 11.8 Å². The molecule has 1 amide bonds. The van der Waals surface area contributed by atoms with Crippen LogP contribution in [-0.4, -0.2) is 35.6 Å². The quantitative estimate of drug-likeness (QED) is 0.570. The summed E-state index contributed by atoms with van der Waals surface area (Å²) in [5.74, 6) is -0.816. The van der Waals surface area contributed by atoms with Crippen LogP contribution in [0.4, 0.5) is 4.79 Å². The minimum Gasteiger partial charge on any atom is -0.480 e. The van der Waals surface area contributed by atoms with Crippen LogP contribution in [0, 0.1) is 0 Å². The summed E-state index contributed by atoms with van der Waals surface area (Å²) in [7, 11) is 0. The zero-order valence-electron chi connectivity index (χ0n) is 11.4. The largest absolute Gasteiger partial charge is 0.480 e. The topological polar surface area (TPSA) is 75.6 Å². The number of alkyl carbamates (subject to hydrolysis) is 1. The smallest absolute Gasteiger partial charge is 0.407 e. The summed E-state index contributed by atoms with van der Waals surface area (Å²) in [4.78, 5) is 23.5. The number of carbonyl (C=O) groups is 2. The fraction of sp³-hybridized carbons (Fsp3) is 0.429. The van der Waals surface area contributed by atoms with E-state index in [2.05, 4.69) is 5.32 Å². The maximum Gasteiger partial charge on any atom is 0.407 e. The molecule has 1 atom stereocenters. The molecule has 0 radical (unpaired) electrons. The van der Waals surface area contributed by atoms with Gasteiger partial charge in [-0.25, -0.2) is 9.59 Å². The van der Waals surface area contributed by atoms with E-state index in [1.165, 1.54) is 11.8 Å². The number of carboxylic acid groups (broad SMARTS) is 1. The molecule has 1 unspecified atom stereocenters. The fourth-order valence-corrected chi connectivity index (χ4v) is 2.30. The van der Waals surface area contributed by atoms with Gasteiger partial charge in [-0.15, -0.1) is 11.8 Å². The second kappa shape index (κ2) is 9.25. The number of rotatable bonds is 8. The highest BCUT2D eigenvalue weighted by atomic mass is 32.2. The second-order valence-corrected chi connectivity index (χ2v) is 5.24. The lowest BCUT2D eigenvalue weighted by molar-refractivity contribution is -0.138. The third-order valence-electron chi connectivity index (χ3n) is 2.48. The molecular formula is C14H19NO4S. The van der Waals surface area contributed by atoms with Crippen molar-refractivity contribution >= 4 is 23.8 Å². The zero-order valence-corrected chi connectivity index (χ0v) is 12.2. The summed E-state index contributed by atoms with van der Waals surface area (Å²) in [6.45, 7) is 2.29. The van der Waals surface area contributed by atoms with Gasteiger partial charge in [-0.3, -0.25) is 0 Å². The molecule has 0 aliphatic heterocycles. The van der Waals surface area contributed by atoms with E-state index in [1.807, 2.05) is 37.3 Å². The average molecular weight is 297 g/mol. The monoisotopic (exact) mass is 297 g/mol. The van der Waals surface area contributed by atoms with Crippen molar-refractivity contribution in [3.8, 4) is 0 Å². The lowest BCUT2D eigenvalue weighted by Crippen LogP contribution is -2.42. The first-order valence-electron chi connectivity index (χ1n) is 6.47. The molecule has 0 heterocycles. The molecule has 0 aliphatic rings. The molecule has 1 aromatic carbocycles. The van der Waals surface area contributed by atoms with E-state index in [0.29, 0.717) is 6.61 Å². The van der Waals surface area contributed by atoms with Crippen molar-refractivity contribution in [3.05, 3.63) is 30.3 Å². The number of aliphatic carboxylic acids is 1. The summed E-state index contributed by atoms with van der Waals surface area (Å²) in [6, 6.07) is 8.47. The lowest BCUT2D eigenvalue weighted by Gasteiger charge is -2.14. The molecule has 1 aromatic rings. The van der Waals surface area contributed by atoms with Gasteiger partial charge >= 0.3 is 12.1 Å². The predicted octanol–water partition coefficient (Wildman–Crippen LogP) is 2.76. The van der Waals surface area contributed by atoms with E-state index in [1.54, 1.807) is 0 Å². The lowest BCUT2D eigenvalue weighted by atomic mass is 10.3. The molecule has 1 rings (SSSR count). The third-order valence-corrected chi connectivity index (χ3v) is 3.59. The molecule has 0 saturated carbocycles. The SMILES string of the molecule is CCCCOC(=O)NC(CSc1ccccc1)C(=O)O. The standard InChI is InChI=1S/C14H19NO4S/c1-2-3-9-19-14(18)15-12(13(16)17)10-20-11-7-5-4-6-8-11/h4-8,12H,2-3,9-10H2,1H3,(H,15,18)(H,16,17). The van der Waals surface area contributed by atoms with Gasteiger partial charge in [0.25, 0.3) is 0 Å². The summed E-state index contributed by atoms with van der Waals surface area (Å²) >= 11 is 1.38. The van der Waals surface area contributed by atoms with Crippen molar-refractivity contribution in [2.45, 2.75) is 30.7 Å². The van der Waals surface area contributed by atoms with Gasteiger partial charge in [-0.1, -0.05) is 31.5 Å². The molecule has 0 saturated heterocycles. The van der Waals surface area contributed by atoms with Crippen molar-refractivity contribution in [1.82, 2.24) is 5.32 Å². The Morgan fingerprint density at radius 2 is 2.05 bits per heavy atom. The Labute approximate surface area is 122 Å². The van der Waals surface area contributed by atoms with Crippen LogP contribution in [0.2, 0.25) is 0 Å². The highest BCUT2D eigenvalue weighted by molar-refractivity contribution is 7.99. The molecule has 2 N–H and O–H groups in total. The number of carbonyl (C=O) groups excluding carboxylic acids is 1. The number of ether oxygens (including phenoxy) is 1. The van der Waals surface area contributed by atoms with Crippen molar-refractivity contribution in [3.63, 3.8) is 0 Å². The minimum atomic E-state index is -1.07. The number of thioether (sulfide) groups is 1. The van der Waals surface area contributed by atoms with E-state index < -0.39 is 18.1 Å². The Balaban J connectivity index is 2.40. The maximum absolute atomic E-state index is 11.4. The van der Waals surface area contributed by atoms with Crippen LogP contribution in [0.5, 0.6) is 0 Å². The fourth-order valence-electron chi connectivity index (χ4n) is 1.36. The van der Waals surface area contributed by atoms with Crippen LogP contribution in [0.1, 0.15) is 19.8 Å². The first kappa shape index (κ1) is 16.4. The summed E-state index contributed by atoms with van der Waals surface area (Å²) in [5.41, 5.74) is 0. The molecule has 6 heteroatoms. The Morgan fingerprint density at radius 1 is 1.35 bits per heavy atom. The van der Waals surface area contributed by atoms with Crippen molar-refractivity contribution in [2.24, 2.45) is 0 Å². The summed E-state index contributed by atoms with van der Waals surface area (Å²) < 4.78 is 4.89. The van der Waals surface area contributed by atoms with Crippen molar-refractivity contribution in [1.29, 1.82) is 0 Å². The van der Waals surface area contributed by atoms with Gasteiger partial charge in [0.05, 0.1) is 6.61 Å². The number of unbranched alkanes of at least 4 members (excludes halogenated alkanes) is 1. The summed E-state index contributed by atoms with van der Waals surface area (Å²) in [5, 5.41) is 11.5. The highest BCUT2D eigenvalue weighted by Crippen LogP contribution is 2.17. The molecule has 0 fully saturated rings. The zero-order chi connectivity index (χ0) is 14.8. The van der Waals surface area contributed by atoms with Crippen LogP contribution in [0.3, 0.4) is 0 Å². The van der Waals surface area contributed by atoms with Crippen LogP contribution < -0.4 is 5.32 Å². The Hall–Kier alpha value is -1.69. The van der Waals surface area contributed by atoms with Crippen LogP contribution in [-0.2, 0) is 9.53 Å². The van der Waals surface area contributed by atoms with Gasteiger partial charge in [0.1, 0.15) is 6.04 Å². The average Bonchev–Trinajstić information content (AvgIpc) is 2.44. The molecule has 0 aliphatic carbocycles. The number of nitrogens with one attached hydrogen (secondary N) is 1. The number of amides is 1. The normalized spacial score (nSPS) is 11.7. The van der Waals surface area contributed by atoms with E-state index in [-0.39, 0.29) is 5.75 Å². The van der Waals surface area contributed by atoms with Crippen molar-refractivity contribution < 1.29 is 19.4 Å². The van der Waals surface area contributed by atoms with E-state index in [9.17, 15) is 9.59 Å². The minimum absolute atomic E-state index is 0.252. The van der Waals surface area contributed by atoms with Gasteiger partial charge < -0.3 is 15.2 Å². The first-order valence-corrected chi connectivity index (χ1v) is 7.46. The van der Waals surface area contributed by atoms with Gasteiger partial charge in [0, 0.05) is 10.6 Å². The molecule has 0 aromatic heterocycles. The van der Waals surface area contributed by atoms with Gasteiger partial charge in [0.15, 0.2) is 0 Å². The molecule has 0 spiro atoms. The molecule has 110 valence electrons. The number of benzene rings is 1.